The fourth-order valence-electron chi connectivity index (χ4n) is 4.34. The number of nitrogens with zero attached hydrogens (tertiary/aromatic N) is 2. The van der Waals surface area contributed by atoms with E-state index in [9.17, 15) is 14.0 Å². The summed E-state index contributed by atoms with van der Waals surface area (Å²) in [6.07, 6.45) is 0.764. The normalized spacial score (nSPS) is 14.3. The van der Waals surface area contributed by atoms with Gasteiger partial charge in [-0.05, 0) is 67.8 Å². The molecule has 2 N–H and O–H groups in total. The Morgan fingerprint density at radius 3 is 2.62 bits per heavy atom. The number of hydrogen-bond donors (Lipinski definition) is 2. The predicted octanol–water partition coefficient (Wildman–Crippen LogP) is 4.04. The van der Waals surface area contributed by atoms with E-state index >= 15 is 0 Å². The molecule has 1 aliphatic heterocycles. The van der Waals surface area contributed by atoms with E-state index in [0.717, 1.165) is 61.3 Å². The number of nitrogens with one attached hydrogen (secondary N) is 2. The van der Waals surface area contributed by atoms with Crippen LogP contribution in [-0.2, 0) is 11.3 Å². The van der Waals surface area contributed by atoms with Gasteiger partial charge in [-0.3, -0.25) is 9.69 Å². The molecule has 0 radical (unpaired) electrons. The van der Waals surface area contributed by atoms with Crippen LogP contribution >= 0.6 is 0 Å². The Hall–Kier alpha value is -3.23. The number of anilines is 1. The SMILES string of the molecule is Cc1cc(C)c2cc(CN(CCCN3CCOCC3)C(=O)Nc3ccc(F)cc3)c(=O)[nH]c2c1. The minimum absolute atomic E-state index is 0.175. The van der Waals surface area contributed by atoms with E-state index in [1.54, 1.807) is 4.90 Å². The molecular weight excluding hydrogens is 435 g/mol. The molecule has 2 heterocycles. The molecule has 0 saturated carbocycles. The van der Waals surface area contributed by atoms with Crippen molar-refractivity contribution in [2.45, 2.75) is 26.8 Å². The molecule has 0 unspecified atom stereocenters. The molecule has 2 amide bonds. The van der Waals surface area contributed by atoms with Crippen molar-refractivity contribution in [2.75, 3.05) is 44.7 Å². The van der Waals surface area contributed by atoms with Gasteiger partial charge in [0.1, 0.15) is 5.82 Å². The highest BCUT2D eigenvalue weighted by molar-refractivity contribution is 5.89. The summed E-state index contributed by atoms with van der Waals surface area (Å²) in [4.78, 5) is 32.9. The first-order valence-corrected chi connectivity index (χ1v) is 11.6. The third-order valence-corrected chi connectivity index (χ3v) is 6.14. The Balaban J connectivity index is 1.53. The number of aryl methyl sites for hydroxylation is 2. The number of urea groups is 1. The average Bonchev–Trinajstić information content (AvgIpc) is 2.81. The van der Waals surface area contributed by atoms with Crippen LogP contribution in [0.5, 0.6) is 0 Å². The fourth-order valence-corrected chi connectivity index (χ4v) is 4.34. The summed E-state index contributed by atoms with van der Waals surface area (Å²) >= 11 is 0. The van der Waals surface area contributed by atoms with Crippen LogP contribution in [0.4, 0.5) is 14.9 Å². The van der Waals surface area contributed by atoms with Crippen molar-refractivity contribution in [1.29, 1.82) is 0 Å². The zero-order chi connectivity index (χ0) is 24.1. The van der Waals surface area contributed by atoms with Crippen LogP contribution in [0.1, 0.15) is 23.1 Å². The molecule has 4 rings (SSSR count). The standard InChI is InChI=1S/C26H31FN4O3/c1-18-14-19(2)23-16-20(25(32)29-24(23)15-18)17-31(9-3-8-30-10-12-34-13-11-30)26(33)28-22-6-4-21(27)5-7-22/h4-7,14-16H,3,8-13,17H2,1-2H3,(H,28,33)(H,29,32). The van der Waals surface area contributed by atoms with Crippen molar-refractivity contribution in [3.05, 3.63) is 75.3 Å². The Morgan fingerprint density at radius 2 is 1.88 bits per heavy atom. The van der Waals surface area contributed by atoms with Crippen LogP contribution < -0.4 is 10.9 Å². The second-order valence-corrected chi connectivity index (χ2v) is 8.83. The minimum atomic E-state index is -0.367. The molecule has 8 heteroatoms. The number of carbonyl (C=O) groups is 1. The van der Waals surface area contributed by atoms with E-state index in [1.165, 1.54) is 24.3 Å². The molecule has 1 aromatic heterocycles. The van der Waals surface area contributed by atoms with Gasteiger partial charge in [-0.2, -0.15) is 0 Å². The summed E-state index contributed by atoms with van der Waals surface area (Å²) in [7, 11) is 0. The Labute approximate surface area is 198 Å². The quantitative estimate of drug-likeness (QED) is 0.551. The Morgan fingerprint density at radius 1 is 1.15 bits per heavy atom. The van der Waals surface area contributed by atoms with Crippen molar-refractivity contribution >= 4 is 22.6 Å². The van der Waals surface area contributed by atoms with Gasteiger partial charge < -0.3 is 19.9 Å². The first-order valence-electron chi connectivity index (χ1n) is 11.6. The highest BCUT2D eigenvalue weighted by atomic mass is 19.1. The summed E-state index contributed by atoms with van der Waals surface area (Å²) in [5.74, 6) is -0.367. The number of hydrogen-bond acceptors (Lipinski definition) is 4. The molecule has 7 nitrogen and oxygen atoms in total. The van der Waals surface area contributed by atoms with Crippen molar-refractivity contribution in [2.24, 2.45) is 0 Å². The lowest BCUT2D eigenvalue weighted by Crippen LogP contribution is -2.40. The topological polar surface area (TPSA) is 77.7 Å². The lowest BCUT2D eigenvalue weighted by Gasteiger charge is -2.28. The number of aromatic amines is 1. The highest BCUT2D eigenvalue weighted by Crippen LogP contribution is 2.19. The van der Waals surface area contributed by atoms with E-state index in [0.29, 0.717) is 17.8 Å². The van der Waals surface area contributed by atoms with Crippen LogP contribution in [0.2, 0.25) is 0 Å². The lowest BCUT2D eigenvalue weighted by atomic mass is 10.0. The minimum Gasteiger partial charge on any atom is -0.379 e. The van der Waals surface area contributed by atoms with E-state index in [-0.39, 0.29) is 24.0 Å². The number of aromatic nitrogens is 1. The molecule has 0 spiro atoms. The average molecular weight is 467 g/mol. The summed E-state index contributed by atoms with van der Waals surface area (Å²) in [6, 6.07) is 11.2. The number of rotatable bonds is 7. The molecule has 180 valence electrons. The van der Waals surface area contributed by atoms with Crippen molar-refractivity contribution in [1.82, 2.24) is 14.8 Å². The van der Waals surface area contributed by atoms with Crippen LogP contribution in [0.25, 0.3) is 10.9 Å². The fraction of sp³-hybridized carbons (Fsp3) is 0.385. The molecular formula is C26H31FN4O3. The van der Waals surface area contributed by atoms with Crippen LogP contribution in [0.15, 0.2) is 47.3 Å². The largest absolute Gasteiger partial charge is 0.379 e. The summed E-state index contributed by atoms with van der Waals surface area (Å²) in [5.41, 5.74) is 3.77. The monoisotopic (exact) mass is 466 g/mol. The number of morpholine rings is 1. The summed E-state index contributed by atoms with van der Waals surface area (Å²) < 4.78 is 18.7. The maximum absolute atomic E-state index is 13.3. The molecule has 1 fully saturated rings. The summed E-state index contributed by atoms with van der Waals surface area (Å²) in [5, 5.41) is 3.79. The van der Waals surface area contributed by atoms with Gasteiger partial charge in [0.2, 0.25) is 0 Å². The smallest absolute Gasteiger partial charge is 0.322 e. The number of H-pyrrole nitrogens is 1. The van der Waals surface area contributed by atoms with Gasteiger partial charge in [-0.15, -0.1) is 0 Å². The van der Waals surface area contributed by atoms with Gasteiger partial charge in [0, 0.05) is 48.3 Å². The van der Waals surface area contributed by atoms with Crippen LogP contribution in [0.3, 0.4) is 0 Å². The van der Waals surface area contributed by atoms with E-state index in [1.807, 2.05) is 26.0 Å². The van der Waals surface area contributed by atoms with Crippen molar-refractivity contribution < 1.29 is 13.9 Å². The zero-order valence-electron chi connectivity index (χ0n) is 19.7. The molecule has 2 aromatic carbocycles. The second kappa shape index (κ2) is 10.8. The van der Waals surface area contributed by atoms with Gasteiger partial charge in [-0.25, -0.2) is 9.18 Å². The van der Waals surface area contributed by atoms with E-state index < -0.39 is 0 Å². The summed E-state index contributed by atoms with van der Waals surface area (Å²) in [6.45, 7) is 8.71. The predicted molar refractivity (Wildman–Crippen MR) is 132 cm³/mol. The second-order valence-electron chi connectivity index (χ2n) is 8.83. The van der Waals surface area contributed by atoms with Crippen molar-refractivity contribution in [3.8, 4) is 0 Å². The van der Waals surface area contributed by atoms with Gasteiger partial charge in [0.05, 0.1) is 19.8 Å². The van der Waals surface area contributed by atoms with Gasteiger partial charge >= 0.3 is 6.03 Å². The Bertz CT molecular complexity index is 1200. The molecule has 34 heavy (non-hydrogen) atoms. The third-order valence-electron chi connectivity index (χ3n) is 6.14. The number of pyridine rings is 1. The van der Waals surface area contributed by atoms with Gasteiger partial charge in [0.25, 0.3) is 5.56 Å². The van der Waals surface area contributed by atoms with Crippen LogP contribution in [-0.4, -0.2) is 60.2 Å². The van der Waals surface area contributed by atoms with Crippen LogP contribution in [0, 0.1) is 19.7 Å². The number of ether oxygens (including phenoxy) is 1. The number of carbonyl (C=O) groups excluding carboxylic acids is 1. The number of fused-ring (bicyclic) bond motifs is 1. The van der Waals surface area contributed by atoms with E-state index in [4.69, 9.17) is 4.74 Å². The molecule has 0 bridgehead atoms. The Kier molecular flexibility index (Phi) is 7.59. The number of benzene rings is 2. The molecule has 1 aliphatic rings. The van der Waals surface area contributed by atoms with Gasteiger partial charge in [0.15, 0.2) is 0 Å². The van der Waals surface area contributed by atoms with E-state index in [2.05, 4.69) is 21.3 Å². The maximum atomic E-state index is 13.3. The highest BCUT2D eigenvalue weighted by Gasteiger charge is 2.18. The third kappa shape index (κ3) is 6.01. The maximum Gasteiger partial charge on any atom is 0.322 e. The first-order chi connectivity index (χ1) is 16.4. The molecule has 1 saturated heterocycles. The van der Waals surface area contributed by atoms with Gasteiger partial charge in [-0.1, -0.05) is 6.07 Å². The number of amides is 2. The van der Waals surface area contributed by atoms with Crippen molar-refractivity contribution in [3.63, 3.8) is 0 Å². The lowest BCUT2D eigenvalue weighted by molar-refractivity contribution is 0.0365. The molecule has 0 aliphatic carbocycles. The molecule has 3 aromatic rings. The molecule has 0 atom stereocenters. The number of halogens is 1. The first kappa shape index (κ1) is 23.9. The zero-order valence-corrected chi connectivity index (χ0v) is 19.7.